The predicted molar refractivity (Wildman–Crippen MR) is 85.1 cm³/mol. The van der Waals surface area contributed by atoms with Crippen LogP contribution in [0.15, 0.2) is 18.2 Å². The molecule has 0 saturated carbocycles. The minimum atomic E-state index is 0. The van der Waals surface area contributed by atoms with Gasteiger partial charge in [-0.3, -0.25) is 0 Å². The molecule has 1 N–H and O–H groups in total. The standard InChI is InChI=1S/C16H24N2O.ClH/c1-17-15-5-9-18(10-6-15)8-4-13-2-3-16-14(12-13)7-11-19-16;/h2-3,12,15,17H,4-11H2,1H3;1H. The first-order valence-corrected chi connectivity index (χ1v) is 7.49. The maximum atomic E-state index is 5.55. The molecule has 1 saturated heterocycles. The van der Waals surface area contributed by atoms with Gasteiger partial charge in [0.1, 0.15) is 5.75 Å². The topological polar surface area (TPSA) is 24.5 Å². The minimum absolute atomic E-state index is 0. The summed E-state index contributed by atoms with van der Waals surface area (Å²) in [7, 11) is 2.08. The first-order valence-electron chi connectivity index (χ1n) is 7.49. The molecule has 1 aromatic carbocycles. The highest BCUT2D eigenvalue weighted by molar-refractivity contribution is 5.85. The lowest BCUT2D eigenvalue weighted by molar-refractivity contribution is 0.204. The maximum Gasteiger partial charge on any atom is 0.122 e. The van der Waals surface area contributed by atoms with Crippen LogP contribution in [0, 0.1) is 0 Å². The van der Waals surface area contributed by atoms with E-state index in [1.54, 1.807) is 0 Å². The molecular weight excluding hydrogens is 272 g/mol. The Morgan fingerprint density at radius 1 is 1.30 bits per heavy atom. The van der Waals surface area contributed by atoms with E-state index >= 15 is 0 Å². The summed E-state index contributed by atoms with van der Waals surface area (Å²) in [4.78, 5) is 2.59. The summed E-state index contributed by atoms with van der Waals surface area (Å²) >= 11 is 0. The van der Waals surface area contributed by atoms with Crippen LogP contribution < -0.4 is 10.1 Å². The van der Waals surface area contributed by atoms with E-state index in [0.717, 1.165) is 31.2 Å². The Bertz CT molecular complexity index is 430. The van der Waals surface area contributed by atoms with E-state index in [1.807, 2.05) is 0 Å². The molecule has 3 nitrogen and oxygen atoms in total. The van der Waals surface area contributed by atoms with Crippen LogP contribution in [-0.2, 0) is 12.8 Å². The Balaban J connectivity index is 0.00000147. The molecule has 112 valence electrons. The summed E-state index contributed by atoms with van der Waals surface area (Å²) in [5, 5.41) is 3.39. The molecule has 20 heavy (non-hydrogen) atoms. The zero-order chi connectivity index (χ0) is 13.1. The molecule has 0 aromatic heterocycles. The third kappa shape index (κ3) is 3.66. The Hall–Kier alpha value is -0.770. The zero-order valence-electron chi connectivity index (χ0n) is 12.2. The summed E-state index contributed by atoms with van der Waals surface area (Å²) in [6, 6.07) is 7.44. The number of halogens is 1. The molecule has 1 aromatic rings. The highest BCUT2D eigenvalue weighted by atomic mass is 35.5. The molecule has 3 rings (SSSR count). The third-order valence-corrected chi connectivity index (χ3v) is 4.47. The van der Waals surface area contributed by atoms with Crippen molar-refractivity contribution in [2.75, 3.05) is 33.3 Å². The lowest BCUT2D eigenvalue weighted by atomic mass is 10.0. The van der Waals surface area contributed by atoms with Gasteiger partial charge >= 0.3 is 0 Å². The van der Waals surface area contributed by atoms with E-state index < -0.39 is 0 Å². The fraction of sp³-hybridized carbons (Fsp3) is 0.625. The van der Waals surface area contributed by atoms with E-state index in [9.17, 15) is 0 Å². The van der Waals surface area contributed by atoms with Crippen LogP contribution in [-0.4, -0.2) is 44.2 Å². The van der Waals surface area contributed by atoms with Crippen LogP contribution in [0.25, 0.3) is 0 Å². The Morgan fingerprint density at radius 3 is 2.85 bits per heavy atom. The minimum Gasteiger partial charge on any atom is -0.493 e. The van der Waals surface area contributed by atoms with Crippen LogP contribution in [0.3, 0.4) is 0 Å². The first kappa shape index (κ1) is 15.6. The number of likely N-dealkylation sites (tertiary alicyclic amines) is 1. The summed E-state index contributed by atoms with van der Waals surface area (Å²) in [6.07, 6.45) is 4.82. The van der Waals surface area contributed by atoms with E-state index in [2.05, 4.69) is 35.5 Å². The number of hydrogen-bond acceptors (Lipinski definition) is 3. The van der Waals surface area contributed by atoms with E-state index in [-0.39, 0.29) is 12.4 Å². The average Bonchev–Trinajstić information content (AvgIpc) is 2.93. The van der Waals surface area contributed by atoms with Gasteiger partial charge in [0.2, 0.25) is 0 Å². The molecule has 2 aliphatic rings. The number of piperidine rings is 1. The summed E-state index contributed by atoms with van der Waals surface area (Å²) < 4.78 is 5.55. The highest BCUT2D eigenvalue weighted by Gasteiger charge is 2.17. The predicted octanol–water partition coefficient (Wildman–Crippen LogP) is 2.27. The van der Waals surface area contributed by atoms with Gasteiger partial charge < -0.3 is 15.0 Å². The van der Waals surface area contributed by atoms with Crippen molar-refractivity contribution in [3.63, 3.8) is 0 Å². The van der Waals surface area contributed by atoms with Gasteiger partial charge in [0.15, 0.2) is 0 Å². The Morgan fingerprint density at radius 2 is 2.10 bits per heavy atom. The van der Waals surface area contributed by atoms with Crippen molar-refractivity contribution in [2.24, 2.45) is 0 Å². The van der Waals surface area contributed by atoms with Crippen LogP contribution in [0.2, 0.25) is 0 Å². The highest BCUT2D eigenvalue weighted by Crippen LogP contribution is 2.26. The van der Waals surface area contributed by atoms with Gasteiger partial charge in [-0.2, -0.15) is 0 Å². The van der Waals surface area contributed by atoms with Gasteiger partial charge in [-0.25, -0.2) is 0 Å². The molecule has 0 atom stereocenters. The SMILES string of the molecule is CNC1CCN(CCc2ccc3c(c2)CCO3)CC1.Cl. The number of benzene rings is 1. The maximum absolute atomic E-state index is 5.55. The Kier molecular flexibility index (Phi) is 5.70. The second-order valence-corrected chi connectivity index (χ2v) is 5.70. The second kappa shape index (κ2) is 7.30. The van der Waals surface area contributed by atoms with Gasteiger partial charge in [0.25, 0.3) is 0 Å². The van der Waals surface area contributed by atoms with E-state index in [4.69, 9.17) is 4.74 Å². The zero-order valence-corrected chi connectivity index (χ0v) is 13.0. The van der Waals surface area contributed by atoms with E-state index in [0.29, 0.717) is 0 Å². The van der Waals surface area contributed by atoms with Gasteiger partial charge in [0.05, 0.1) is 6.61 Å². The number of ether oxygens (including phenoxy) is 1. The summed E-state index contributed by atoms with van der Waals surface area (Å²) in [6.45, 7) is 4.52. The number of nitrogens with one attached hydrogen (secondary N) is 1. The number of hydrogen-bond donors (Lipinski definition) is 1. The number of fused-ring (bicyclic) bond motifs is 1. The van der Waals surface area contributed by atoms with Gasteiger partial charge in [-0.15, -0.1) is 12.4 Å². The van der Waals surface area contributed by atoms with Gasteiger partial charge in [-0.1, -0.05) is 12.1 Å². The Labute approximate surface area is 128 Å². The summed E-state index contributed by atoms with van der Waals surface area (Å²) in [5.41, 5.74) is 2.85. The monoisotopic (exact) mass is 296 g/mol. The molecule has 4 heteroatoms. The largest absolute Gasteiger partial charge is 0.493 e. The van der Waals surface area contributed by atoms with Crippen LogP contribution >= 0.6 is 12.4 Å². The van der Waals surface area contributed by atoms with Crippen molar-refractivity contribution in [3.05, 3.63) is 29.3 Å². The normalized spacial score (nSPS) is 19.2. The average molecular weight is 297 g/mol. The lowest BCUT2D eigenvalue weighted by Crippen LogP contribution is -2.41. The second-order valence-electron chi connectivity index (χ2n) is 5.70. The number of nitrogens with zero attached hydrogens (tertiary/aromatic N) is 1. The molecule has 1 fully saturated rings. The quantitative estimate of drug-likeness (QED) is 0.922. The van der Waals surface area contributed by atoms with Crippen molar-refractivity contribution in [2.45, 2.75) is 31.7 Å². The molecule has 0 amide bonds. The van der Waals surface area contributed by atoms with Crippen LogP contribution in [0.1, 0.15) is 24.0 Å². The fourth-order valence-electron chi connectivity index (χ4n) is 3.13. The molecule has 0 radical (unpaired) electrons. The van der Waals surface area contributed by atoms with E-state index in [1.165, 1.54) is 43.6 Å². The van der Waals surface area contributed by atoms with Gasteiger partial charge in [0, 0.05) is 19.0 Å². The first-order chi connectivity index (χ1) is 9.35. The smallest absolute Gasteiger partial charge is 0.122 e. The number of rotatable bonds is 4. The molecular formula is C16H25ClN2O. The van der Waals surface area contributed by atoms with Crippen molar-refractivity contribution in [1.82, 2.24) is 10.2 Å². The lowest BCUT2D eigenvalue weighted by Gasteiger charge is -2.31. The summed E-state index contributed by atoms with van der Waals surface area (Å²) in [5.74, 6) is 1.10. The van der Waals surface area contributed by atoms with Gasteiger partial charge in [-0.05, 0) is 56.6 Å². The molecule has 2 heterocycles. The van der Waals surface area contributed by atoms with Crippen molar-refractivity contribution in [3.8, 4) is 5.75 Å². The van der Waals surface area contributed by atoms with Crippen molar-refractivity contribution < 1.29 is 4.74 Å². The van der Waals surface area contributed by atoms with Crippen LogP contribution in [0.4, 0.5) is 0 Å². The molecule has 0 spiro atoms. The molecule has 0 unspecified atom stereocenters. The molecule has 0 bridgehead atoms. The van der Waals surface area contributed by atoms with Crippen molar-refractivity contribution in [1.29, 1.82) is 0 Å². The third-order valence-electron chi connectivity index (χ3n) is 4.47. The molecule has 0 aliphatic carbocycles. The van der Waals surface area contributed by atoms with Crippen LogP contribution in [0.5, 0.6) is 5.75 Å². The molecule has 2 aliphatic heterocycles. The fourth-order valence-corrected chi connectivity index (χ4v) is 3.13. The van der Waals surface area contributed by atoms with Crippen molar-refractivity contribution >= 4 is 12.4 Å².